The topological polar surface area (TPSA) is 111 Å². The summed E-state index contributed by atoms with van der Waals surface area (Å²) in [7, 11) is 0. The van der Waals surface area contributed by atoms with E-state index in [1.54, 1.807) is 24.3 Å². The molecule has 1 aromatic heterocycles. The minimum atomic E-state index is -0.397. The number of rotatable bonds is 3. The average molecular weight is 273 g/mol. The molecule has 1 heterocycles. The Labute approximate surface area is 114 Å². The lowest BCUT2D eigenvalue weighted by Gasteiger charge is -2.05. The molecule has 1 aromatic carbocycles. The van der Waals surface area contributed by atoms with E-state index in [4.69, 9.17) is 28.0 Å². The van der Waals surface area contributed by atoms with Crippen LogP contribution in [0, 0.1) is 16.7 Å². The van der Waals surface area contributed by atoms with Crippen LogP contribution < -0.4 is 11.2 Å². The number of nitrogens with zero attached hydrogens (tertiary/aromatic N) is 3. The fourth-order valence-corrected chi connectivity index (χ4v) is 1.65. The number of para-hydroxylation sites is 1. The third-order valence-electron chi connectivity index (χ3n) is 2.33. The van der Waals surface area contributed by atoms with Gasteiger partial charge in [-0.15, -0.1) is 0 Å². The lowest BCUT2D eigenvalue weighted by Crippen LogP contribution is -2.21. The minimum absolute atomic E-state index is 0.189. The standard InChI is InChI=1S/C12H9ClN6/c13-8-4-7-2-1-3-9(11(7)17-6-8)18-19-10(5-14)12(15)16/h1-4,6,18H,(H3,15,16)/b19-10+. The molecule has 0 aliphatic rings. The molecule has 0 atom stereocenters. The van der Waals surface area contributed by atoms with E-state index in [0.717, 1.165) is 5.39 Å². The third-order valence-corrected chi connectivity index (χ3v) is 2.53. The lowest BCUT2D eigenvalue weighted by molar-refractivity contribution is 1.32. The summed E-state index contributed by atoms with van der Waals surface area (Å²) in [5.74, 6) is -0.397. The van der Waals surface area contributed by atoms with Crippen LogP contribution in [0.1, 0.15) is 0 Å². The van der Waals surface area contributed by atoms with Crippen molar-refractivity contribution in [2.75, 3.05) is 5.43 Å². The molecule has 0 saturated carbocycles. The van der Waals surface area contributed by atoms with Crippen LogP contribution in [-0.2, 0) is 0 Å². The van der Waals surface area contributed by atoms with E-state index in [1.165, 1.54) is 6.20 Å². The van der Waals surface area contributed by atoms with E-state index in [1.807, 2.05) is 6.07 Å². The SMILES string of the molecule is N#C/C(=N\Nc1cccc2cc(Cl)cnc12)C(=N)N. The highest BCUT2D eigenvalue weighted by Crippen LogP contribution is 2.23. The Kier molecular flexibility index (Phi) is 3.59. The van der Waals surface area contributed by atoms with Crippen molar-refractivity contribution < 1.29 is 0 Å². The number of aromatic nitrogens is 1. The highest BCUT2D eigenvalue weighted by molar-refractivity contribution is 6.45. The van der Waals surface area contributed by atoms with Crippen LogP contribution in [0.2, 0.25) is 5.02 Å². The van der Waals surface area contributed by atoms with Crippen LogP contribution in [-0.4, -0.2) is 16.5 Å². The van der Waals surface area contributed by atoms with Crippen LogP contribution in [0.25, 0.3) is 10.9 Å². The molecule has 19 heavy (non-hydrogen) atoms. The maximum absolute atomic E-state index is 8.75. The molecule has 94 valence electrons. The normalized spacial score (nSPS) is 11.1. The van der Waals surface area contributed by atoms with Crippen LogP contribution in [0.4, 0.5) is 5.69 Å². The first-order valence-corrected chi connectivity index (χ1v) is 5.62. The molecule has 4 N–H and O–H groups in total. The molecule has 0 aliphatic carbocycles. The quantitative estimate of drug-likeness (QED) is 0.451. The minimum Gasteiger partial charge on any atom is -0.382 e. The van der Waals surface area contributed by atoms with Gasteiger partial charge in [-0.1, -0.05) is 23.7 Å². The Hall–Kier alpha value is -2.65. The number of hydrogen-bond donors (Lipinski definition) is 3. The first-order valence-electron chi connectivity index (χ1n) is 5.24. The number of nitrogens with two attached hydrogens (primary N) is 1. The summed E-state index contributed by atoms with van der Waals surface area (Å²) in [6.45, 7) is 0. The third kappa shape index (κ3) is 2.78. The maximum atomic E-state index is 8.75. The first-order chi connectivity index (χ1) is 9.11. The van der Waals surface area contributed by atoms with E-state index in [2.05, 4.69) is 15.5 Å². The van der Waals surface area contributed by atoms with Crippen molar-refractivity contribution in [1.82, 2.24) is 4.98 Å². The highest BCUT2D eigenvalue weighted by atomic mass is 35.5. The van der Waals surface area contributed by atoms with E-state index >= 15 is 0 Å². The van der Waals surface area contributed by atoms with Gasteiger partial charge in [-0.25, -0.2) is 0 Å². The maximum Gasteiger partial charge on any atom is 0.201 e. The molecule has 0 aliphatic heterocycles. The predicted octanol–water partition coefficient (Wildman–Crippen LogP) is 2.12. The molecule has 6 nitrogen and oxygen atoms in total. The van der Waals surface area contributed by atoms with Gasteiger partial charge in [-0.05, 0) is 12.1 Å². The fourth-order valence-electron chi connectivity index (χ4n) is 1.49. The molecular weight excluding hydrogens is 264 g/mol. The summed E-state index contributed by atoms with van der Waals surface area (Å²) >= 11 is 5.86. The van der Waals surface area contributed by atoms with Crippen LogP contribution >= 0.6 is 11.6 Å². The first kappa shape index (κ1) is 12.8. The monoisotopic (exact) mass is 272 g/mol. The van der Waals surface area contributed by atoms with Crippen molar-refractivity contribution in [1.29, 1.82) is 10.7 Å². The molecule has 0 unspecified atom stereocenters. The van der Waals surface area contributed by atoms with Gasteiger partial charge in [0, 0.05) is 11.6 Å². The van der Waals surface area contributed by atoms with E-state index in [0.29, 0.717) is 16.2 Å². The van der Waals surface area contributed by atoms with Crippen LogP contribution in [0.3, 0.4) is 0 Å². The number of pyridine rings is 1. The van der Waals surface area contributed by atoms with E-state index < -0.39 is 5.84 Å². The van der Waals surface area contributed by atoms with Gasteiger partial charge in [-0.3, -0.25) is 15.8 Å². The molecule has 0 spiro atoms. The zero-order valence-corrected chi connectivity index (χ0v) is 10.4. The smallest absolute Gasteiger partial charge is 0.201 e. The largest absolute Gasteiger partial charge is 0.382 e. The summed E-state index contributed by atoms with van der Waals surface area (Å²) in [6, 6.07) is 8.91. The second-order valence-electron chi connectivity index (χ2n) is 3.63. The Balaban J connectivity index is 2.42. The number of benzene rings is 1. The van der Waals surface area contributed by atoms with Gasteiger partial charge in [0.05, 0.1) is 16.2 Å². The number of hydrazone groups is 1. The average Bonchev–Trinajstić information content (AvgIpc) is 2.38. The molecule has 0 bridgehead atoms. The van der Waals surface area contributed by atoms with Crippen molar-refractivity contribution in [2.45, 2.75) is 0 Å². The second kappa shape index (κ2) is 5.33. The predicted molar refractivity (Wildman–Crippen MR) is 75.3 cm³/mol. The summed E-state index contributed by atoms with van der Waals surface area (Å²) in [5.41, 5.74) is 8.95. The van der Waals surface area contributed by atoms with Crippen molar-refractivity contribution >= 4 is 39.7 Å². The Morgan fingerprint density at radius 2 is 2.32 bits per heavy atom. The van der Waals surface area contributed by atoms with Crippen molar-refractivity contribution in [3.63, 3.8) is 0 Å². The number of nitriles is 1. The Morgan fingerprint density at radius 1 is 1.53 bits per heavy atom. The number of hydrogen-bond acceptors (Lipinski definition) is 5. The lowest BCUT2D eigenvalue weighted by atomic mass is 10.2. The highest BCUT2D eigenvalue weighted by Gasteiger charge is 2.04. The molecule has 0 amide bonds. The molecular formula is C12H9ClN6. The van der Waals surface area contributed by atoms with Gasteiger partial charge >= 0.3 is 0 Å². The van der Waals surface area contributed by atoms with Crippen molar-refractivity contribution in [2.24, 2.45) is 10.8 Å². The van der Waals surface area contributed by atoms with Crippen molar-refractivity contribution in [3.05, 3.63) is 35.5 Å². The number of nitrogens with one attached hydrogen (secondary N) is 2. The summed E-state index contributed by atoms with van der Waals surface area (Å²) < 4.78 is 0. The zero-order chi connectivity index (χ0) is 13.8. The summed E-state index contributed by atoms with van der Waals surface area (Å²) in [5, 5.41) is 21.1. The van der Waals surface area contributed by atoms with Crippen LogP contribution in [0.5, 0.6) is 0 Å². The van der Waals surface area contributed by atoms with Gasteiger partial charge in [0.2, 0.25) is 5.71 Å². The number of fused-ring (bicyclic) bond motifs is 1. The van der Waals surface area contributed by atoms with Gasteiger partial charge in [0.1, 0.15) is 6.07 Å². The molecule has 0 saturated heterocycles. The van der Waals surface area contributed by atoms with Crippen molar-refractivity contribution in [3.8, 4) is 6.07 Å². The number of amidine groups is 1. The summed E-state index contributed by atoms with van der Waals surface area (Å²) in [6.07, 6.45) is 1.52. The molecule has 2 aromatic rings. The Bertz CT molecular complexity index is 716. The molecule has 0 radical (unpaired) electrons. The summed E-state index contributed by atoms with van der Waals surface area (Å²) in [4.78, 5) is 4.20. The van der Waals surface area contributed by atoms with Gasteiger partial charge < -0.3 is 5.73 Å². The van der Waals surface area contributed by atoms with Gasteiger partial charge in [0.15, 0.2) is 5.84 Å². The van der Waals surface area contributed by atoms with Gasteiger partial charge in [-0.2, -0.15) is 10.4 Å². The van der Waals surface area contributed by atoms with Crippen LogP contribution in [0.15, 0.2) is 35.6 Å². The fraction of sp³-hybridized carbons (Fsp3) is 0. The zero-order valence-electron chi connectivity index (χ0n) is 9.68. The number of anilines is 1. The second-order valence-corrected chi connectivity index (χ2v) is 4.06. The van der Waals surface area contributed by atoms with E-state index in [-0.39, 0.29) is 5.71 Å². The molecule has 7 heteroatoms. The molecule has 0 fully saturated rings. The Morgan fingerprint density at radius 3 is 3.00 bits per heavy atom. The van der Waals surface area contributed by atoms with E-state index in [9.17, 15) is 0 Å². The number of halogens is 1. The molecule has 2 rings (SSSR count). The van der Waals surface area contributed by atoms with Gasteiger partial charge in [0.25, 0.3) is 0 Å².